The third kappa shape index (κ3) is 4.07. The van der Waals surface area contributed by atoms with Gasteiger partial charge in [-0.3, -0.25) is 4.99 Å². The fraction of sp³-hybridized carbons (Fsp3) is 0.583. The summed E-state index contributed by atoms with van der Waals surface area (Å²) in [6.07, 6.45) is 8.00. The van der Waals surface area contributed by atoms with Crippen LogP contribution in [0.5, 0.6) is 0 Å². The summed E-state index contributed by atoms with van der Waals surface area (Å²) in [4.78, 5) is 4.02. The highest BCUT2D eigenvalue weighted by Gasteiger charge is 2.06. The van der Waals surface area contributed by atoms with Crippen LogP contribution in [0.15, 0.2) is 28.9 Å². The zero-order valence-corrected chi connectivity index (χ0v) is 8.97. The molecule has 0 amide bonds. The van der Waals surface area contributed by atoms with Gasteiger partial charge in [-0.1, -0.05) is 32.9 Å². The van der Waals surface area contributed by atoms with E-state index < -0.39 is 0 Å². The lowest BCUT2D eigenvalue weighted by atomic mass is 10.1. The Bertz CT molecular complexity index is 169. The number of hydrogen-bond acceptors (Lipinski definition) is 1. The highest BCUT2D eigenvalue weighted by molar-refractivity contribution is 5.34. The average Bonchev–Trinajstić information content (AvgIpc) is 2.44. The van der Waals surface area contributed by atoms with Crippen molar-refractivity contribution in [2.75, 3.05) is 0 Å². The van der Waals surface area contributed by atoms with Crippen molar-refractivity contribution in [1.29, 1.82) is 0 Å². The van der Waals surface area contributed by atoms with Crippen molar-refractivity contribution in [3.8, 4) is 0 Å². The molecule has 0 bridgehead atoms. The van der Waals surface area contributed by atoms with Crippen LogP contribution in [0.25, 0.3) is 0 Å². The highest BCUT2D eigenvalue weighted by Crippen LogP contribution is 2.24. The minimum atomic E-state index is 1.09. The molecule has 1 heteroatoms. The summed E-state index contributed by atoms with van der Waals surface area (Å²) < 4.78 is 0. The van der Waals surface area contributed by atoms with Crippen LogP contribution in [-0.4, -0.2) is 6.72 Å². The molecule has 0 aromatic carbocycles. The van der Waals surface area contributed by atoms with Crippen molar-refractivity contribution in [2.24, 2.45) is 4.99 Å². The molecule has 0 spiro atoms. The fourth-order valence-electron chi connectivity index (χ4n) is 1.49. The van der Waals surface area contributed by atoms with E-state index in [4.69, 9.17) is 0 Å². The molecule has 0 heterocycles. The molecular weight excluding hydrogens is 158 g/mol. The quantitative estimate of drug-likeness (QED) is 0.565. The minimum Gasteiger partial charge on any atom is -0.269 e. The Morgan fingerprint density at radius 2 is 1.77 bits per heavy atom. The molecule has 0 saturated carbocycles. The predicted octanol–water partition coefficient (Wildman–Crippen LogP) is 4.12. The minimum absolute atomic E-state index is 1.09. The molecular formula is C12H21N. The smallest absolute Gasteiger partial charge is 0.0428 e. The Morgan fingerprint density at radius 3 is 2.31 bits per heavy atom. The molecule has 0 atom stereocenters. The van der Waals surface area contributed by atoms with E-state index in [1.54, 1.807) is 0 Å². The van der Waals surface area contributed by atoms with Crippen molar-refractivity contribution < 1.29 is 0 Å². The predicted molar refractivity (Wildman–Crippen MR) is 61.2 cm³/mol. The summed E-state index contributed by atoms with van der Waals surface area (Å²) in [6, 6.07) is 0. The van der Waals surface area contributed by atoms with Gasteiger partial charge in [0.1, 0.15) is 0 Å². The van der Waals surface area contributed by atoms with Gasteiger partial charge in [-0.15, -0.1) is 0 Å². The molecule has 0 radical (unpaired) electrons. The molecule has 1 rings (SSSR count). The van der Waals surface area contributed by atoms with E-state index in [0.717, 1.165) is 18.5 Å². The standard InChI is InChI=1S/C10H15N.C2H6/c1-3-9-7-5-4-6-8-10(9)11-2;1-2/h3H,1-2,4-8H2;1-2H3. The van der Waals surface area contributed by atoms with Crippen LogP contribution < -0.4 is 0 Å². The maximum Gasteiger partial charge on any atom is 0.0428 e. The second-order valence-corrected chi connectivity index (χ2v) is 2.89. The first-order valence-corrected chi connectivity index (χ1v) is 5.19. The highest BCUT2D eigenvalue weighted by atomic mass is 14.7. The molecule has 0 aliphatic heterocycles. The summed E-state index contributed by atoms with van der Waals surface area (Å²) in [5.74, 6) is 0. The Kier molecular flexibility index (Phi) is 7.27. The lowest BCUT2D eigenvalue weighted by Gasteiger charge is -2.01. The summed E-state index contributed by atoms with van der Waals surface area (Å²) in [7, 11) is 0. The van der Waals surface area contributed by atoms with Gasteiger partial charge in [0.2, 0.25) is 0 Å². The van der Waals surface area contributed by atoms with Crippen LogP contribution in [-0.2, 0) is 0 Å². The molecule has 0 fully saturated rings. The van der Waals surface area contributed by atoms with E-state index in [-0.39, 0.29) is 0 Å². The summed E-state index contributed by atoms with van der Waals surface area (Å²) in [5, 5.41) is 0. The molecule has 1 aliphatic carbocycles. The topological polar surface area (TPSA) is 12.4 Å². The van der Waals surface area contributed by atoms with Crippen molar-refractivity contribution in [2.45, 2.75) is 46.0 Å². The van der Waals surface area contributed by atoms with Crippen molar-refractivity contribution >= 4 is 6.72 Å². The van der Waals surface area contributed by atoms with Gasteiger partial charge in [-0.05, 0) is 38.0 Å². The molecule has 1 aliphatic rings. The van der Waals surface area contributed by atoms with E-state index >= 15 is 0 Å². The summed E-state index contributed by atoms with van der Waals surface area (Å²) in [6.45, 7) is 11.3. The van der Waals surface area contributed by atoms with Gasteiger partial charge in [0.05, 0.1) is 0 Å². The van der Waals surface area contributed by atoms with E-state index in [9.17, 15) is 0 Å². The maximum absolute atomic E-state index is 4.02. The summed E-state index contributed by atoms with van der Waals surface area (Å²) in [5.41, 5.74) is 2.47. The first-order valence-electron chi connectivity index (χ1n) is 5.19. The maximum atomic E-state index is 4.02. The van der Waals surface area contributed by atoms with Gasteiger partial charge < -0.3 is 0 Å². The first kappa shape index (κ1) is 12.2. The molecule has 0 N–H and O–H groups in total. The van der Waals surface area contributed by atoms with E-state index in [2.05, 4.69) is 18.3 Å². The van der Waals surface area contributed by atoms with E-state index in [0.29, 0.717) is 0 Å². The molecule has 0 saturated heterocycles. The van der Waals surface area contributed by atoms with Crippen molar-refractivity contribution in [3.63, 3.8) is 0 Å². The zero-order chi connectivity index (χ0) is 10.1. The Labute approximate surface area is 82.3 Å². The van der Waals surface area contributed by atoms with Crippen LogP contribution in [0.4, 0.5) is 0 Å². The molecule has 0 aromatic rings. The Balaban J connectivity index is 0.000000671. The van der Waals surface area contributed by atoms with E-state index in [1.165, 1.54) is 24.8 Å². The summed E-state index contributed by atoms with van der Waals surface area (Å²) >= 11 is 0. The van der Waals surface area contributed by atoms with Crippen LogP contribution in [0.1, 0.15) is 46.0 Å². The van der Waals surface area contributed by atoms with Gasteiger partial charge in [0, 0.05) is 5.70 Å². The fourth-order valence-corrected chi connectivity index (χ4v) is 1.49. The van der Waals surface area contributed by atoms with Gasteiger partial charge in [-0.25, -0.2) is 0 Å². The van der Waals surface area contributed by atoms with E-state index in [1.807, 2.05) is 19.9 Å². The van der Waals surface area contributed by atoms with Crippen molar-refractivity contribution in [1.82, 2.24) is 0 Å². The molecule has 1 nitrogen and oxygen atoms in total. The normalized spacial score (nSPS) is 16.8. The zero-order valence-electron chi connectivity index (χ0n) is 8.97. The molecule has 74 valence electrons. The Morgan fingerprint density at radius 1 is 1.15 bits per heavy atom. The Hall–Kier alpha value is -0.850. The average molecular weight is 179 g/mol. The molecule has 13 heavy (non-hydrogen) atoms. The van der Waals surface area contributed by atoms with Gasteiger partial charge in [0.25, 0.3) is 0 Å². The SMILES string of the molecule is C=CC1=C(N=C)CCCCC1.CC. The molecule has 0 aromatic heterocycles. The number of hydrogen-bond donors (Lipinski definition) is 0. The first-order chi connectivity index (χ1) is 6.38. The molecule has 0 unspecified atom stereocenters. The second-order valence-electron chi connectivity index (χ2n) is 2.89. The number of aliphatic imine (C=N–C) groups is 1. The number of allylic oxidation sites excluding steroid dienone is 3. The lowest BCUT2D eigenvalue weighted by Crippen LogP contribution is -1.82. The largest absolute Gasteiger partial charge is 0.269 e. The van der Waals surface area contributed by atoms with Crippen molar-refractivity contribution in [3.05, 3.63) is 23.9 Å². The third-order valence-corrected chi connectivity index (χ3v) is 2.17. The second kappa shape index (κ2) is 7.78. The monoisotopic (exact) mass is 179 g/mol. The third-order valence-electron chi connectivity index (χ3n) is 2.17. The van der Waals surface area contributed by atoms with Crippen LogP contribution in [0.3, 0.4) is 0 Å². The lowest BCUT2D eigenvalue weighted by molar-refractivity contribution is 0.707. The van der Waals surface area contributed by atoms with Gasteiger partial charge >= 0.3 is 0 Å². The van der Waals surface area contributed by atoms with Crippen LogP contribution in [0, 0.1) is 0 Å². The van der Waals surface area contributed by atoms with Gasteiger partial charge in [0.15, 0.2) is 0 Å². The van der Waals surface area contributed by atoms with Gasteiger partial charge in [-0.2, -0.15) is 0 Å². The van der Waals surface area contributed by atoms with Crippen LogP contribution >= 0.6 is 0 Å². The number of nitrogens with zero attached hydrogens (tertiary/aromatic N) is 1. The van der Waals surface area contributed by atoms with Crippen LogP contribution in [0.2, 0.25) is 0 Å². The number of rotatable bonds is 2.